The molecule has 2 amide bonds. The van der Waals surface area contributed by atoms with E-state index in [1.54, 1.807) is 36.9 Å². The Bertz CT molecular complexity index is 545. The van der Waals surface area contributed by atoms with Gasteiger partial charge in [-0.3, -0.25) is 9.59 Å². The summed E-state index contributed by atoms with van der Waals surface area (Å²) in [7, 11) is 0. The highest BCUT2D eigenvalue weighted by Gasteiger charge is 2.37. The van der Waals surface area contributed by atoms with Crippen LogP contribution in [0.2, 0.25) is 5.02 Å². The van der Waals surface area contributed by atoms with Gasteiger partial charge in [-0.15, -0.1) is 0 Å². The van der Waals surface area contributed by atoms with Crippen molar-refractivity contribution in [1.29, 1.82) is 0 Å². The molecule has 0 bridgehead atoms. The molecule has 1 aromatic rings. The highest BCUT2D eigenvalue weighted by atomic mass is 79.9. The SMILES string of the molecule is CC1(C)NC(=O)CCN(c2ccc(Cl)cc2Br)C1=O. The molecule has 0 spiro atoms. The molecule has 0 aliphatic carbocycles. The van der Waals surface area contributed by atoms with Crippen LogP contribution in [-0.4, -0.2) is 23.9 Å². The van der Waals surface area contributed by atoms with Crippen molar-refractivity contribution in [2.45, 2.75) is 25.8 Å². The van der Waals surface area contributed by atoms with Crippen molar-refractivity contribution in [1.82, 2.24) is 5.32 Å². The van der Waals surface area contributed by atoms with Crippen LogP contribution < -0.4 is 10.2 Å². The molecular weight excluding hydrogens is 332 g/mol. The van der Waals surface area contributed by atoms with Crippen molar-refractivity contribution in [3.8, 4) is 0 Å². The lowest BCUT2D eigenvalue weighted by Gasteiger charge is -2.29. The van der Waals surface area contributed by atoms with Gasteiger partial charge in [-0.1, -0.05) is 11.6 Å². The van der Waals surface area contributed by atoms with Crippen LogP contribution in [0.4, 0.5) is 5.69 Å². The van der Waals surface area contributed by atoms with E-state index in [0.29, 0.717) is 11.6 Å². The quantitative estimate of drug-likeness (QED) is 0.851. The lowest BCUT2D eigenvalue weighted by atomic mass is 10.0. The largest absolute Gasteiger partial charge is 0.342 e. The van der Waals surface area contributed by atoms with Crippen LogP contribution >= 0.6 is 27.5 Å². The Kier molecular flexibility index (Phi) is 3.87. The molecule has 1 aliphatic heterocycles. The first-order chi connectivity index (χ1) is 8.81. The molecule has 102 valence electrons. The molecule has 1 heterocycles. The fraction of sp³-hybridized carbons (Fsp3) is 0.385. The number of anilines is 1. The van der Waals surface area contributed by atoms with Gasteiger partial charge in [-0.25, -0.2) is 0 Å². The molecule has 1 aromatic carbocycles. The zero-order valence-electron chi connectivity index (χ0n) is 10.7. The maximum Gasteiger partial charge on any atom is 0.252 e. The molecule has 0 radical (unpaired) electrons. The zero-order valence-corrected chi connectivity index (χ0v) is 13.0. The molecule has 1 aliphatic rings. The lowest BCUT2D eigenvalue weighted by Crippen LogP contribution is -2.53. The molecule has 1 saturated heterocycles. The minimum Gasteiger partial charge on any atom is -0.342 e. The third-order valence-corrected chi connectivity index (χ3v) is 3.86. The summed E-state index contributed by atoms with van der Waals surface area (Å²) in [4.78, 5) is 25.8. The third-order valence-electron chi connectivity index (χ3n) is 2.99. The van der Waals surface area contributed by atoms with Crippen molar-refractivity contribution in [2.75, 3.05) is 11.4 Å². The highest BCUT2D eigenvalue weighted by Crippen LogP contribution is 2.31. The van der Waals surface area contributed by atoms with Crippen molar-refractivity contribution in [2.24, 2.45) is 0 Å². The maximum absolute atomic E-state index is 12.5. The number of hydrogen-bond acceptors (Lipinski definition) is 2. The van der Waals surface area contributed by atoms with Crippen LogP contribution in [0, 0.1) is 0 Å². The van der Waals surface area contributed by atoms with Crippen LogP contribution in [0.5, 0.6) is 0 Å². The molecule has 6 heteroatoms. The van der Waals surface area contributed by atoms with Gasteiger partial charge in [0.25, 0.3) is 5.91 Å². The number of nitrogens with one attached hydrogen (secondary N) is 1. The zero-order chi connectivity index (χ0) is 14.2. The van der Waals surface area contributed by atoms with Gasteiger partial charge in [0, 0.05) is 22.5 Å². The first-order valence-electron chi connectivity index (χ1n) is 5.89. The van der Waals surface area contributed by atoms with Gasteiger partial charge in [0.2, 0.25) is 5.91 Å². The summed E-state index contributed by atoms with van der Waals surface area (Å²) >= 11 is 9.31. The van der Waals surface area contributed by atoms with E-state index in [4.69, 9.17) is 11.6 Å². The summed E-state index contributed by atoms with van der Waals surface area (Å²) in [6.45, 7) is 3.76. The number of rotatable bonds is 1. The predicted molar refractivity (Wildman–Crippen MR) is 78.3 cm³/mol. The Hall–Kier alpha value is -1.07. The molecule has 0 unspecified atom stereocenters. The van der Waals surface area contributed by atoms with Gasteiger partial charge >= 0.3 is 0 Å². The standard InChI is InChI=1S/C13H14BrClN2O2/c1-13(2)12(19)17(6-5-11(18)16-13)10-4-3-8(15)7-9(10)14/h3-4,7H,5-6H2,1-2H3,(H,16,18). The number of carbonyl (C=O) groups excluding carboxylic acids is 2. The topological polar surface area (TPSA) is 49.4 Å². The summed E-state index contributed by atoms with van der Waals surface area (Å²) in [5.74, 6) is -0.257. The molecule has 1 N–H and O–H groups in total. The normalized spacial score (nSPS) is 19.1. The van der Waals surface area contributed by atoms with E-state index >= 15 is 0 Å². The Morgan fingerprint density at radius 1 is 1.37 bits per heavy atom. The van der Waals surface area contributed by atoms with Crippen LogP contribution in [0.1, 0.15) is 20.3 Å². The monoisotopic (exact) mass is 344 g/mol. The second-order valence-corrected chi connectivity index (χ2v) is 6.27. The first-order valence-corrected chi connectivity index (χ1v) is 7.06. The highest BCUT2D eigenvalue weighted by molar-refractivity contribution is 9.10. The summed E-state index contributed by atoms with van der Waals surface area (Å²) in [5, 5.41) is 3.32. The number of halogens is 2. The molecule has 0 aromatic heterocycles. The van der Waals surface area contributed by atoms with Crippen LogP contribution in [0.15, 0.2) is 22.7 Å². The summed E-state index contributed by atoms with van der Waals surface area (Å²) in [6.07, 6.45) is 0.282. The summed E-state index contributed by atoms with van der Waals surface area (Å²) < 4.78 is 0.735. The van der Waals surface area contributed by atoms with Crippen molar-refractivity contribution < 1.29 is 9.59 Å². The van der Waals surface area contributed by atoms with Gasteiger partial charge in [-0.2, -0.15) is 0 Å². The van der Waals surface area contributed by atoms with E-state index in [-0.39, 0.29) is 18.2 Å². The number of nitrogens with zero attached hydrogens (tertiary/aromatic N) is 1. The molecule has 19 heavy (non-hydrogen) atoms. The van der Waals surface area contributed by atoms with Gasteiger partial charge in [-0.05, 0) is 48.0 Å². The third kappa shape index (κ3) is 2.92. The second kappa shape index (κ2) is 5.13. The van der Waals surface area contributed by atoms with Crippen LogP contribution in [-0.2, 0) is 9.59 Å². The van der Waals surface area contributed by atoms with Gasteiger partial charge in [0.15, 0.2) is 0 Å². The molecule has 2 rings (SSSR count). The Balaban J connectivity index is 2.42. The average Bonchev–Trinajstić information content (AvgIpc) is 2.38. The van der Waals surface area contributed by atoms with E-state index in [2.05, 4.69) is 21.2 Å². The minimum absolute atomic E-state index is 0.120. The Morgan fingerprint density at radius 3 is 2.68 bits per heavy atom. The van der Waals surface area contributed by atoms with Crippen LogP contribution in [0.25, 0.3) is 0 Å². The van der Waals surface area contributed by atoms with Crippen molar-refractivity contribution >= 4 is 45.0 Å². The fourth-order valence-corrected chi connectivity index (χ4v) is 2.94. The number of carbonyl (C=O) groups is 2. The van der Waals surface area contributed by atoms with E-state index in [1.165, 1.54) is 0 Å². The van der Waals surface area contributed by atoms with Gasteiger partial charge < -0.3 is 10.2 Å². The van der Waals surface area contributed by atoms with E-state index < -0.39 is 5.54 Å². The second-order valence-electron chi connectivity index (χ2n) is 4.98. The van der Waals surface area contributed by atoms with Crippen LogP contribution in [0.3, 0.4) is 0 Å². The molecule has 4 nitrogen and oxygen atoms in total. The van der Waals surface area contributed by atoms with E-state index in [1.807, 2.05) is 0 Å². The Labute approximate surface area is 125 Å². The average molecular weight is 346 g/mol. The number of amides is 2. The van der Waals surface area contributed by atoms with Crippen molar-refractivity contribution in [3.05, 3.63) is 27.7 Å². The fourth-order valence-electron chi connectivity index (χ4n) is 2.05. The Morgan fingerprint density at radius 2 is 2.05 bits per heavy atom. The number of hydrogen-bond donors (Lipinski definition) is 1. The minimum atomic E-state index is -0.910. The molecule has 0 atom stereocenters. The van der Waals surface area contributed by atoms with Gasteiger partial charge in [0.1, 0.15) is 5.54 Å². The first kappa shape index (κ1) is 14.3. The van der Waals surface area contributed by atoms with Gasteiger partial charge in [0.05, 0.1) is 5.69 Å². The number of benzene rings is 1. The van der Waals surface area contributed by atoms with E-state index in [9.17, 15) is 9.59 Å². The maximum atomic E-state index is 12.5. The molecule has 0 saturated carbocycles. The van der Waals surface area contributed by atoms with Crippen molar-refractivity contribution in [3.63, 3.8) is 0 Å². The molecular formula is C13H14BrClN2O2. The molecule has 1 fully saturated rings. The predicted octanol–water partition coefficient (Wildman–Crippen LogP) is 2.73. The summed E-state index contributed by atoms with van der Waals surface area (Å²) in [6, 6.07) is 5.23. The van der Waals surface area contributed by atoms with E-state index in [0.717, 1.165) is 10.2 Å². The smallest absolute Gasteiger partial charge is 0.252 e. The lowest BCUT2D eigenvalue weighted by molar-refractivity contribution is -0.128. The summed E-state index contributed by atoms with van der Waals surface area (Å²) in [5.41, 5.74) is -0.189.